The molecule has 2 rings (SSSR count). The molecule has 2 aromatic carbocycles. The molecule has 2 aromatic rings. The Bertz CT molecular complexity index is 908. The zero-order valence-corrected chi connectivity index (χ0v) is 19.1. The molecule has 2 amide bonds. The van der Waals surface area contributed by atoms with Gasteiger partial charge in [0.25, 0.3) is 11.8 Å². The molecule has 0 atom stereocenters. The molecule has 0 heterocycles. The number of ether oxygens (including phenoxy) is 2. The third-order valence-corrected chi connectivity index (χ3v) is 4.55. The first kappa shape index (κ1) is 24.3. The van der Waals surface area contributed by atoms with Gasteiger partial charge in [-0.1, -0.05) is 45.0 Å². The molecule has 0 aliphatic carbocycles. The summed E-state index contributed by atoms with van der Waals surface area (Å²) >= 11 is 5.11. The van der Waals surface area contributed by atoms with Gasteiger partial charge in [0.05, 0.1) is 12.2 Å². The maximum Gasteiger partial charge on any atom is 0.269 e. The Kier molecular flexibility index (Phi) is 8.96. The summed E-state index contributed by atoms with van der Waals surface area (Å²) in [4.78, 5) is 24.9. The molecule has 0 aromatic heterocycles. The fourth-order valence-corrected chi connectivity index (χ4v) is 2.79. The minimum atomic E-state index is -0.451. The fraction of sp³-hybridized carbons (Fsp3) is 0.348. The molecule has 0 saturated heterocycles. The Balaban J connectivity index is 1.88. The van der Waals surface area contributed by atoms with Gasteiger partial charge in [0.2, 0.25) is 0 Å². The molecule has 31 heavy (non-hydrogen) atoms. The zero-order chi connectivity index (χ0) is 22.9. The monoisotopic (exact) mass is 443 g/mol. The van der Waals surface area contributed by atoms with Crippen molar-refractivity contribution in [2.24, 2.45) is 0 Å². The number of amides is 2. The van der Waals surface area contributed by atoms with Crippen LogP contribution in [0.25, 0.3) is 0 Å². The van der Waals surface area contributed by atoms with E-state index in [1.54, 1.807) is 36.4 Å². The van der Waals surface area contributed by atoms with Crippen LogP contribution in [-0.4, -0.2) is 36.7 Å². The summed E-state index contributed by atoms with van der Waals surface area (Å²) in [5.74, 6) is -0.393. The summed E-state index contributed by atoms with van der Waals surface area (Å²) in [7, 11) is 0. The van der Waals surface area contributed by atoms with Crippen LogP contribution >= 0.6 is 12.2 Å². The van der Waals surface area contributed by atoms with Gasteiger partial charge in [-0.05, 0) is 54.4 Å². The fourth-order valence-electron chi connectivity index (χ4n) is 2.64. The van der Waals surface area contributed by atoms with E-state index in [0.717, 1.165) is 5.56 Å². The van der Waals surface area contributed by atoms with Crippen molar-refractivity contribution in [3.63, 3.8) is 0 Å². The van der Waals surface area contributed by atoms with Crippen molar-refractivity contribution in [3.8, 4) is 5.75 Å². The highest BCUT2D eigenvalue weighted by Gasteiger charge is 2.16. The minimum absolute atomic E-state index is 0.00212. The smallest absolute Gasteiger partial charge is 0.269 e. The van der Waals surface area contributed by atoms with Crippen molar-refractivity contribution < 1.29 is 19.1 Å². The highest BCUT2D eigenvalue weighted by Crippen LogP contribution is 2.22. The number of carbonyl (C=O) groups is 2. The van der Waals surface area contributed by atoms with Gasteiger partial charge in [-0.3, -0.25) is 25.8 Å². The van der Waals surface area contributed by atoms with Crippen LogP contribution in [0.5, 0.6) is 5.75 Å². The lowest BCUT2D eigenvalue weighted by molar-refractivity contribution is 0.0930. The first-order valence-corrected chi connectivity index (χ1v) is 10.4. The number of hydrogen-bond donors (Lipinski definition) is 3. The van der Waals surface area contributed by atoms with Crippen molar-refractivity contribution >= 4 is 29.1 Å². The van der Waals surface area contributed by atoms with Gasteiger partial charge in [-0.15, -0.1) is 0 Å². The predicted octanol–water partition coefficient (Wildman–Crippen LogP) is 3.35. The Morgan fingerprint density at radius 2 is 1.61 bits per heavy atom. The molecule has 0 aliphatic heterocycles. The lowest BCUT2D eigenvalue weighted by atomic mass is 9.87. The van der Waals surface area contributed by atoms with E-state index in [2.05, 4.69) is 36.9 Å². The Morgan fingerprint density at radius 3 is 2.26 bits per heavy atom. The lowest BCUT2D eigenvalue weighted by Gasteiger charge is -2.19. The second-order valence-electron chi connectivity index (χ2n) is 7.73. The summed E-state index contributed by atoms with van der Waals surface area (Å²) < 4.78 is 10.8. The van der Waals surface area contributed by atoms with Crippen molar-refractivity contribution in [2.75, 3.05) is 19.8 Å². The number of hydrazine groups is 1. The quantitative estimate of drug-likeness (QED) is 0.346. The number of para-hydroxylation sites is 1. The molecule has 0 radical (unpaired) electrons. The molecule has 0 unspecified atom stereocenters. The van der Waals surface area contributed by atoms with Crippen LogP contribution in [0.3, 0.4) is 0 Å². The van der Waals surface area contributed by atoms with E-state index < -0.39 is 5.91 Å². The van der Waals surface area contributed by atoms with E-state index in [4.69, 9.17) is 21.7 Å². The van der Waals surface area contributed by atoms with Crippen LogP contribution in [0.15, 0.2) is 48.5 Å². The van der Waals surface area contributed by atoms with Gasteiger partial charge >= 0.3 is 0 Å². The van der Waals surface area contributed by atoms with Crippen molar-refractivity contribution in [3.05, 3.63) is 65.2 Å². The molecular formula is C23H29N3O4S. The van der Waals surface area contributed by atoms with Gasteiger partial charge in [-0.25, -0.2) is 0 Å². The normalized spacial score (nSPS) is 10.8. The summed E-state index contributed by atoms with van der Waals surface area (Å²) in [6.45, 7) is 9.56. The van der Waals surface area contributed by atoms with Gasteiger partial charge < -0.3 is 9.47 Å². The molecule has 166 valence electrons. The van der Waals surface area contributed by atoms with Crippen molar-refractivity contribution in [2.45, 2.75) is 33.1 Å². The highest BCUT2D eigenvalue weighted by molar-refractivity contribution is 7.80. The topological polar surface area (TPSA) is 88.7 Å². The average molecular weight is 444 g/mol. The Morgan fingerprint density at radius 1 is 0.935 bits per heavy atom. The number of hydrogen-bond acceptors (Lipinski definition) is 5. The molecule has 0 spiro atoms. The Hall–Kier alpha value is -2.97. The molecule has 7 nitrogen and oxygen atoms in total. The number of benzene rings is 2. The minimum Gasteiger partial charge on any atom is -0.490 e. The number of nitrogens with one attached hydrogen (secondary N) is 3. The van der Waals surface area contributed by atoms with Crippen LogP contribution in [0.2, 0.25) is 0 Å². The molecule has 0 aliphatic rings. The Labute approximate surface area is 188 Å². The van der Waals surface area contributed by atoms with Crippen molar-refractivity contribution in [1.29, 1.82) is 0 Å². The maximum atomic E-state index is 12.5. The van der Waals surface area contributed by atoms with Crippen LogP contribution < -0.4 is 20.9 Å². The van der Waals surface area contributed by atoms with E-state index in [1.807, 2.05) is 19.1 Å². The second kappa shape index (κ2) is 11.4. The first-order chi connectivity index (χ1) is 14.7. The molecular weight excluding hydrogens is 414 g/mol. The molecule has 8 heteroatoms. The zero-order valence-electron chi connectivity index (χ0n) is 18.3. The van der Waals surface area contributed by atoms with E-state index in [9.17, 15) is 9.59 Å². The third kappa shape index (κ3) is 7.66. The number of rotatable bonds is 7. The standard InChI is InChI=1S/C23H29N3O4S/c1-5-29-14-15-30-19-9-7-6-8-18(19)21(28)24-22(31)26-25-20(27)16-10-12-17(13-11-16)23(2,3)4/h6-13H,5,14-15H2,1-4H3,(H,25,27)(H2,24,26,28,31). The SMILES string of the molecule is CCOCCOc1ccccc1C(=O)NC(=S)NNC(=O)c1ccc(C(C)(C)C)cc1. The van der Waals surface area contributed by atoms with E-state index in [1.165, 1.54) is 0 Å². The first-order valence-electron chi connectivity index (χ1n) is 10.0. The number of carbonyl (C=O) groups excluding carboxylic acids is 2. The van der Waals surface area contributed by atoms with Gasteiger partial charge in [0.1, 0.15) is 12.4 Å². The second-order valence-corrected chi connectivity index (χ2v) is 8.14. The third-order valence-electron chi connectivity index (χ3n) is 4.35. The van der Waals surface area contributed by atoms with E-state index in [-0.39, 0.29) is 16.4 Å². The summed E-state index contributed by atoms with van der Waals surface area (Å²) in [5.41, 5.74) is 6.96. The lowest BCUT2D eigenvalue weighted by Crippen LogP contribution is -2.48. The summed E-state index contributed by atoms with van der Waals surface area (Å²) in [5, 5.41) is 2.50. The van der Waals surface area contributed by atoms with Gasteiger partial charge in [0.15, 0.2) is 5.11 Å². The average Bonchev–Trinajstić information content (AvgIpc) is 2.74. The molecule has 3 N–H and O–H groups in total. The molecule has 0 fully saturated rings. The van der Waals surface area contributed by atoms with E-state index >= 15 is 0 Å². The van der Waals surface area contributed by atoms with Gasteiger partial charge in [-0.2, -0.15) is 0 Å². The maximum absolute atomic E-state index is 12.5. The van der Waals surface area contributed by atoms with Crippen LogP contribution in [0, 0.1) is 0 Å². The highest BCUT2D eigenvalue weighted by atomic mass is 32.1. The summed E-state index contributed by atoms with van der Waals surface area (Å²) in [6, 6.07) is 14.1. The van der Waals surface area contributed by atoms with Crippen LogP contribution in [-0.2, 0) is 10.2 Å². The molecule has 0 bridgehead atoms. The molecule has 0 saturated carbocycles. The number of thiocarbonyl (C=S) groups is 1. The van der Waals surface area contributed by atoms with Crippen LogP contribution in [0.4, 0.5) is 0 Å². The van der Waals surface area contributed by atoms with E-state index in [0.29, 0.717) is 36.7 Å². The van der Waals surface area contributed by atoms with Gasteiger partial charge in [0, 0.05) is 12.2 Å². The largest absolute Gasteiger partial charge is 0.490 e. The van der Waals surface area contributed by atoms with Crippen molar-refractivity contribution in [1.82, 2.24) is 16.2 Å². The van der Waals surface area contributed by atoms with Crippen LogP contribution in [0.1, 0.15) is 54.0 Å². The summed E-state index contributed by atoms with van der Waals surface area (Å²) in [6.07, 6.45) is 0. The predicted molar refractivity (Wildman–Crippen MR) is 124 cm³/mol.